The third-order valence-electron chi connectivity index (χ3n) is 4.00. The van der Waals surface area contributed by atoms with Crippen LogP contribution in [0.25, 0.3) is 0 Å². The molecule has 0 heterocycles. The zero-order valence-corrected chi connectivity index (χ0v) is 12.1. The van der Waals surface area contributed by atoms with E-state index in [9.17, 15) is 4.79 Å². The number of unbranched alkanes of at least 4 members (excludes halogenated alkanes) is 2. The number of aliphatic carboxylic acids is 1. The summed E-state index contributed by atoms with van der Waals surface area (Å²) < 4.78 is 0. The van der Waals surface area contributed by atoms with Crippen molar-refractivity contribution in [2.75, 3.05) is 6.54 Å². The standard InChI is InChI=1S/C14H28N2O2/c1-10(13(17)18)11(2)14(3,4)12(16)8-6-5-7-9-15/h12H,5-9,15-16H2,1-4H3,(H,17,18). The average Bonchev–Trinajstić information content (AvgIpc) is 2.32. The van der Waals surface area contributed by atoms with E-state index in [1.54, 1.807) is 6.92 Å². The Morgan fingerprint density at radius 1 is 1.22 bits per heavy atom. The molecule has 0 aliphatic heterocycles. The van der Waals surface area contributed by atoms with Crippen LogP contribution in [0.1, 0.15) is 53.4 Å². The van der Waals surface area contributed by atoms with Crippen LogP contribution in [0.15, 0.2) is 11.1 Å². The second-order valence-corrected chi connectivity index (χ2v) is 5.52. The fourth-order valence-corrected chi connectivity index (χ4v) is 1.97. The minimum absolute atomic E-state index is 0.0235. The molecule has 0 aromatic carbocycles. The van der Waals surface area contributed by atoms with Crippen molar-refractivity contribution in [3.05, 3.63) is 11.1 Å². The third kappa shape index (κ3) is 4.78. The molecule has 0 rings (SSSR count). The molecule has 0 aliphatic carbocycles. The van der Waals surface area contributed by atoms with Gasteiger partial charge in [0.1, 0.15) is 0 Å². The molecule has 106 valence electrons. The smallest absolute Gasteiger partial charge is 0.331 e. The van der Waals surface area contributed by atoms with Crippen LogP contribution >= 0.6 is 0 Å². The molecule has 0 aromatic heterocycles. The predicted octanol–water partition coefficient (Wildman–Crippen LogP) is 2.28. The van der Waals surface area contributed by atoms with Crippen LogP contribution in [0.3, 0.4) is 0 Å². The third-order valence-corrected chi connectivity index (χ3v) is 4.00. The van der Waals surface area contributed by atoms with Crippen molar-refractivity contribution in [3.63, 3.8) is 0 Å². The summed E-state index contributed by atoms with van der Waals surface area (Å²) in [6.45, 7) is 8.25. The van der Waals surface area contributed by atoms with Gasteiger partial charge in [-0.05, 0) is 33.2 Å². The van der Waals surface area contributed by atoms with Gasteiger partial charge < -0.3 is 16.6 Å². The first-order chi connectivity index (χ1) is 8.25. The van der Waals surface area contributed by atoms with Gasteiger partial charge in [0.15, 0.2) is 0 Å². The van der Waals surface area contributed by atoms with Crippen molar-refractivity contribution in [2.24, 2.45) is 16.9 Å². The van der Waals surface area contributed by atoms with E-state index >= 15 is 0 Å². The molecule has 1 unspecified atom stereocenters. The summed E-state index contributed by atoms with van der Waals surface area (Å²) in [4.78, 5) is 11.0. The number of carboxylic acids is 1. The summed E-state index contributed by atoms with van der Waals surface area (Å²) in [6.07, 6.45) is 4.05. The summed E-state index contributed by atoms with van der Waals surface area (Å²) in [6, 6.07) is -0.0235. The van der Waals surface area contributed by atoms with Crippen LogP contribution in [-0.2, 0) is 4.79 Å². The molecule has 5 N–H and O–H groups in total. The Morgan fingerprint density at radius 3 is 2.22 bits per heavy atom. The van der Waals surface area contributed by atoms with Crippen molar-refractivity contribution in [2.45, 2.75) is 59.4 Å². The van der Waals surface area contributed by atoms with Crippen molar-refractivity contribution < 1.29 is 9.90 Å². The van der Waals surface area contributed by atoms with Crippen LogP contribution in [0.2, 0.25) is 0 Å². The summed E-state index contributed by atoms with van der Waals surface area (Å²) in [7, 11) is 0. The monoisotopic (exact) mass is 256 g/mol. The Labute approximate surface area is 110 Å². The molecule has 4 heteroatoms. The normalized spacial score (nSPS) is 15.2. The number of nitrogens with two attached hydrogens (primary N) is 2. The Morgan fingerprint density at radius 2 is 1.78 bits per heavy atom. The maximum Gasteiger partial charge on any atom is 0.331 e. The van der Waals surface area contributed by atoms with E-state index in [2.05, 4.69) is 0 Å². The van der Waals surface area contributed by atoms with Crippen molar-refractivity contribution in [1.82, 2.24) is 0 Å². The Kier molecular flexibility index (Phi) is 7.18. The van der Waals surface area contributed by atoms with E-state index in [4.69, 9.17) is 16.6 Å². The van der Waals surface area contributed by atoms with E-state index in [0.29, 0.717) is 5.57 Å². The molecule has 0 bridgehead atoms. The van der Waals surface area contributed by atoms with Crippen LogP contribution in [-0.4, -0.2) is 23.7 Å². The summed E-state index contributed by atoms with van der Waals surface area (Å²) in [5, 5.41) is 9.03. The van der Waals surface area contributed by atoms with Crippen LogP contribution in [0.4, 0.5) is 0 Å². The molecule has 1 atom stereocenters. The molecule has 0 spiro atoms. The lowest BCUT2D eigenvalue weighted by atomic mass is 9.74. The first-order valence-electron chi connectivity index (χ1n) is 6.62. The van der Waals surface area contributed by atoms with Crippen LogP contribution in [0.5, 0.6) is 0 Å². The summed E-state index contributed by atoms with van der Waals surface area (Å²) in [5.74, 6) is -0.865. The number of carboxylic acid groups (broad SMARTS) is 1. The van der Waals surface area contributed by atoms with Gasteiger partial charge in [-0.15, -0.1) is 0 Å². The first-order valence-corrected chi connectivity index (χ1v) is 6.62. The van der Waals surface area contributed by atoms with Crippen molar-refractivity contribution >= 4 is 5.97 Å². The number of hydrogen-bond donors (Lipinski definition) is 3. The predicted molar refractivity (Wildman–Crippen MR) is 75.3 cm³/mol. The number of carbonyl (C=O) groups is 1. The Balaban J connectivity index is 4.61. The fourth-order valence-electron chi connectivity index (χ4n) is 1.97. The highest BCUT2D eigenvalue weighted by Gasteiger charge is 2.30. The van der Waals surface area contributed by atoms with E-state index in [1.807, 2.05) is 20.8 Å². The van der Waals surface area contributed by atoms with Gasteiger partial charge in [0.25, 0.3) is 0 Å². The van der Waals surface area contributed by atoms with Crippen molar-refractivity contribution in [3.8, 4) is 0 Å². The molecule has 0 aliphatic rings. The Hall–Kier alpha value is -0.870. The van der Waals surface area contributed by atoms with Crippen molar-refractivity contribution in [1.29, 1.82) is 0 Å². The van der Waals surface area contributed by atoms with E-state index < -0.39 is 5.97 Å². The molecule has 18 heavy (non-hydrogen) atoms. The molecule has 0 radical (unpaired) electrons. The molecule has 0 fully saturated rings. The van der Waals surface area contributed by atoms with Crippen LogP contribution in [0, 0.1) is 5.41 Å². The van der Waals surface area contributed by atoms with Gasteiger partial charge in [0.05, 0.1) is 0 Å². The molecule has 0 saturated heterocycles. The van der Waals surface area contributed by atoms with E-state index in [1.165, 1.54) is 0 Å². The van der Waals surface area contributed by atoms with E-state index in [-0.39, 0.29) is 11.5 Å². The lowest BCUT2D eigenvalue weighted by Gasteiger charge is -2.33. The van der Waals surface area contributed by atoms with Gasteiger partial charge in [0.2, 0.25) is 0 Å². The van der Waals surface area contributed by atoms with Gasteiger partial charge >= 0.3 is 5.97 Å². The minimum atomic E-state index is -0.865. The maximum absolute atomic E-state index is 11.0. The highest BCUT2D eigenvalue weighted by Crippen LogP contribution is 2.33. The zero-order valence-electron chi connectivity index (χ0n) is 12.1. The average molecular weight is 256 g/mol. The maximum atomic E-state index is 11.0. The second kappa shape index (κ2) is 7.54. The topological polar surface area (TPSA) is 89.3 Å². The summed E-state index contributed by atoms with van der Waals surface area (Å²) >= 11 is 0. The number of rotatable bonds is 8. The Bertz CT molecular complexity index is 309. The highest BCUT2D eigenvalue weighted by molar-refractivity contribution is 5.86. The van der Waals surface area contributed by atoms with Gasteiger partial charge in [-0.2, -0.15) is 0 Å². The quantitative estimate of drug-likeness (QED) is 0.459. The highest BCUT2D eigenvalue weighted by atomic mass is 16.4. The van der Waals surface area contributed by atoms with Gasteiger partial charge in [-0.1, -0.05) is 32.3 Å². The minimum Gasteiger partial charge on any atom is -0.478 e. The largest absolute Gasteiger partial charge is 0.478 e. The number of hydrogen-bond acceptors (Lipinski definition) is 3. The molecule has 0 saturated carbocycles. The molecule has 4 nitrogen and oxygen atoms in total. The van der Waals surface area contributed by atoms with E-state index in [0.717, 1.165) is 37.8 Å². The zero-order chi connectivity index (χ0) is 14.3. The van der Waals surface area contributed by atoms with Gasteiger partial charge in [-0.25, -0.2) is 4.79 Å². The second-order valence-electron chi connectivity index (χ2n) is 5.52. The summed E-state index contributed by atoms with van der Waals surface area (Å²) in [5.41, 5.74) is 12.6. The van der Waals surface area contributed by atoms with Crippen LogP contribution < -0.4 is 11.5 Å². The van der Waals surface area contributed by atoms with Gasteiger partial charge in [0, 0.05) is 17.0 Å². The van der Waals surface area contributed by atoms with Gasteiger partial charge in [-0.3, -0.25) is 0 Å². The SMILES string of the molecule is CC(C(=O)O)=C(C)C(C)(C)C(N)CCCCCN. The first kappa shape index (κ1) is 17.1. The molecule has 0 aromatic rings. The molecular formula is C14H28N2O2. The lowest BCUT2D eigenvalue weighted by Crippen LogP contribution is -2.39. The molecule has 0 amide bonds. The fraction of sp³-hybridized carbons (Fsp3) is 0.786. The molecular weight excluding hydrogens is 228 g/mol. The lowest BCUT2D eigenvalue weighted by molar-refractivity contribution is -0.132.